The Bertz CT molecular complexity index is 709. The standard InChI is InChI=1S/C18H26N2O4S2/c1-14(25-16-4-2-3-5-16)18(21)19-15-6-8-17(9-7-15)26(22,23)20-10-12-24-13-11-20/h6-9,14,16H,2-5,10-13H2,1H3,(H,19,21)/t14-/m1/s1. The number of ether oxygens (including phenoxy) is 1. The van der Waals surface area contributed by atoms with E-state index in [1.807, 2.05) is 6.92 Å². The molecule has 2 fully saturated rings. The Balaban J connectivity index is 1.59. The van der Waals surface area contributed by atoms with E-state index in [9.17, 15) is 13.2 Å². The average molecular weight is 399 g/mol. The van der Waals surface area contributed by atoms with Crippen molar-refractivity contribution in [3.05, 3.63) is 24.3 Å². The normalized spacial score (nSPS) is 20.8. The lowest BCUT2D eigenvalue weighted by molar-refractivity contribution is -0.115. The summed E-state index contributed by atoms with van der Waals surface area (Å²) < 4.78 is 31.8. The summed E-state index contributed by atoms with van der Waals surface area (Å²) in [5, 5.41) is 3.35. The predicted molar refractivity (Wildman–Crippen MR) is 104 cm³/mol. The Morgan fingerprint density at radius 3 is 2.42 bits per heavy atom. The molecule has 1 N–H and O–H groups in total. The quantitative estimate of drug-likeness (QED) is 0.797. The number of hydrogen-bond acceptors (Lipinski definition) is 5. The van der Waals surface area contributed by atoms with Gasteiger partial charge in [-0.25, -0.2) is 8.42 Å². The number of carbonyl (C=O) groups excluding carboxylic acids is 1. The summed E-state index contributed by atoms with van der Waals surface area (Å²) in [5.41, 5.74) is 0.620. The van der Waals surface area contributed by atoms with E-state index < -0.39 is 10.0 Å². The number of rotatable bonds is 6. The molecule has 0 bridgehead atoms. The summed E-state index contributed by atoms with van der Waals surface area (Å²) >= 11 is 1.73. The Hall–Kier alpha value is -1.09. The summed E-state index contributed by atoms with van der Waals surface area (Å²) in [5.74, 6) is -0.0364. The third-order valence-electron chi connectivity index (χ3n) is 4.80. The van der Waals surface area contributed by atoms with Gasteiger partial charge in [0, 0.05) is 24.0 Å². The first-order valence-corrected chi connectivity index (χ1v) is 11.5. The van der Waals surface area contributed by atoms with Crippen LogP contribution in [0.25, 0.3) is 0 Å². The Morgan fingerprint density at radius 2 is 1.81 bits per heavy atom. The molecule has 2 aliphatic rings. The van der Waals surface area contributed by atoms with Gasteiger partial charge < -0.3 is 10.1 Å². The second-order valence-corrected chi connectivity index (χ2v) is 10.3. The van der Waals surface area contributed by atoms with Crippen molar-refractivity contribution in [2.45, 2.75) is 48.0 Å². The molecule has 0 aromatic heterocycles. The highest BCUT2D eigenvalue weighted by Crippen LogP contribution is 2.32. The first-order valence-electron chi connectivity index (χ1n) is 9.11. The second kappa shape index (κ2) is 8.73. The lowest BCUT2D eigenvalue weighted by atomic mass is 10.3. The van der Waals surface area contributed by atoms with E-state index >= 15 is 0 Å². The smallest absolute Gasteiger partial charge is 0.243 e. The lowest BCUT2D eigenvalue weighted by Crippen LogP contribution is -2.40. The number of amides is 1. The molecule has 6 nitrogen and oxygen atoms in total. The maximum absolute atomic E-state index is 12.6. The monoisotopic (exact) mass is 398 g/mol. The van der Waals surface area contributed by atoms with Crippen molar-refractivity contribution < 1.29 is 17.9 Å². The van der Waals surface area contributed by atoms with Crippen LogP contribution >= 0.6 is 11.8 Å². The van der Waals surface area contributed by atoms with Crippen LogP contribution in [0.4, 0.5) is 5.69 Å². The average Bonchev–Trinajstić information content (AvgIpc) is 3.16. The molecule has 1 amide bonds. The van der Waals surface area contributed by atoms with Crippen LogP contribution < -0.4 is 5.32 Å². The van der Waals surface area contributed by atoms with E-state index in [0.717, 1.165) is 0 Å². The summed E-state index contributed by atoms with van der Waals surface area (Å²) in [6, 6.07) is 6.40. The van der Waals surface area contributed by atoms with E-state index in [4.69, 9.17) is 4.74 Å². The number of benzene rings is 1. The van der Waals surface area contributed by atoms with Gasteiger partial charge in [-0.15, -0.1) is 11.8 Å². The van der Waals surface area contributed by atoms with Crippen molar-refractivity contribution >= 4 is 33.4 Å². The van der Waals surface area contributed by atoms with Gasteiger partial charge in [-0.05, 0) is 44.0 Å². The number of morpholine rings is 1. The molecule has 0 radical (unpaired) electrons. The molecule has 0 unspecified atom stereocenters. The summed E-state index contributed by atoms with van der Waals surface area (Å²) in [6.07, 6.45) is 4.89. The van der Waals surface area contributed by atoms with Gasteiger partial charge in [0.25, 0.3) is 0 Å². The van der Waals surface area contributed by atoms with E-state index in [0.29, 0.717) is 37.2 Å². The Morgan fingerprint density at radius 1 is 1.19 bits per heavy atom. The van der Waals surface area contributed by atoms with Gasteiger partial charge in [0.05, 0.1) is 23.4 Å². The van der Waals surface area contributed by atoms with Gasteiger partial charge in [0.2, 0.25) is 15.9 Å². The van der Waals surface area contributed by atoms with Gasteiger partial charge in [-0.2, -0.15) is 4.31 Å². The van der Waals surface area contributed by atoms with Gasteiger partial charge in [0.1, 0.15) is 0 Å². The van der Waals surface area contributed by atoms with Crippen molar-refractivity contribution in [1.29, 1.82) is 0 Å². The SMILES string of the molecule is C[C@@H](SC1CCCC1)C(=O)Nc1ccc(S(=O)(=O)N2CCOCC2)cc1. The molecule has 144 valence electrons. The van der Waals surface area contributed by atoms with Crippen LogP contribution in [-0.4, -0.2) is 55.4 Å². The van der Waals surface area contributed by atoms with Crippen LogP contribution in [0.2, 0.25) is 0 Å². The van der Waals surface area contributed by atoms with Crippen LogP contribution in [0.5, 0.6) is 0 Å². The Kier molecular flexibility index (Phi) is 6.60. The van der Waals surface area contributed by atoms with Crippen molar-refractivity contribution in [3.63, 3.8) is 0 Å². The molecular formula is C18H26N2O4S2. The summed E-state index contributed by atoms with van der Waals surface area (Å²) in [7, 11) is -3.50. The molecule has 1 saturated heterocycles. The van der Waals surface area contributed by atoms with Crippen LogP contribution in [-0.2, 0) is 19.6 Å². The molecule has 1 saturated carbocycles. The first-order chi connectivity index (χ1) is 12.5. The topological polar surface area (TPSA) is 75.7 Å². The van der Waals surface area contributed by atoms with Gasteiger partial charge in [0.15, 0.2) is 0 Å². The van der Waals surface area contributed by atoms with Gasteiger partial charge in [-0.1, -0.05) is 12.8 Å². The zero-order valence-electron chi connectivity index (χ0n) is 15.0. The van der Waals surface area contributed by atoms with Crippen molar-refractivity contribution in [2.75, 3.05) is 31.6 Å². The molecule has 1 atom stereocenters. The fourth-order valence-electron chi connectivity index (χ4n) is 3.27. The predicted octanol–water partition coefficient (Wildman–Crippen LogP) is 2.71. The highest BCUT2D eigenvalue weighted by atomic mass is 32.2. The van der Waals surface area contributed by atoms with E-state index in [1.54, 1.807) is 36.0 Å². The molecule has 1 aromatic rings. The van der Waals surface area contributed by atoms with Crippen molar-refractivity contribution in [2.24, 2.45) is 0 Å². The fourth-order valence-corrected chi connectivity index (χ4v) is 6.04. The molecule has 1 heterocycles. The lowest BCUT2D eigenvalue weighted by Gasteiger charge is -2.26. The number of nitrogens with one attached hydrogen (secondary N) is 1. The number of anilines is 1. The molecular weight excluding hydrogens is 372 g/mol. The van der Waals surface area contributed by atoms with Gasteiger partial charge in [-0.3, -0.25) is 4.79 Å². The minimum absolute atomic E-state index is 0.0364. The van der Waals surface area contributed by atoms with E-state index in [2.05, 4.69) is 5.32 Å². The third kappa shape index (κ3) is 4.79. The molecule has 0 spiro atoms. The molecule has 3 rings (SSSR count). The molecule has 26 heavy (non-hydrogen) atoms. The highest BCUT2D eigenvalue weighted by molar-refractivity contribution is 8.01. The summed E-state index contributed by atoms with van der Waals surface area (Å²) in [4.78, 5) is 12.6. The number of carbonyl (C=O) groups is 1. The van der Waals surface area contributed by atoms with Crippen molar-refractivity contribution in [1.82, 2.24) is 4.31 Å². The van der Waals surface area contributed by atoms with E-state index in [-0.39, 0.29) is 16.1 Å². The number of nitrogens with zero attached hydrogens (tertiary/aromatic N) is 1. The third-order valence-corrected chi connectivity index (χ3v) is 8.19. The summed E-state index contributed by atoms with van der Waals surface area (Å²) in [6.45, 7) is 3.51. The Labute approximate surface area is 159 Å². The molecule has 1 aliphatic carbocycles. The fraction of sp³-hybridized carbons (Fsp3) is 0.611. The minimum Gasteiger partial charge on any atom is -0.379 e. The minimum atomic E-state index is -3.50. The number of hydrogen-bond donors (Lipinski definition) is 1. The highest BCUT2D eigenvalue weighted by Gasteiger charge is 2.26. The van der Waals surface area contributed by atoms with Crippen LogP contribution in [0.1, 0.15) is 32.6 Å². The zero-order valence-corrected chi connectivity index (χ0v) is 16.7. The largest absolute Gasteiger partial charge is 0.379 e. The zero-order chi connectivity index (χ0) is 18.6. The maximum Gasteiger partial charge on any atom is 0.243 e. The second-order valence-electron chi connectivity index (χ2n) is 6.71. The van der Waals surface area contributed by atoms with E-state index in [1.165, 1.54) is 30.0 Å². The van der Waals surface area contributed by atoms with Crippen LogP contribution in [0.3, 0.4) is 0 Å². The van der Waals surface area contributed by atoms with Crippen LogP contribution in [0, 0.1) is 0 Å². The van der Waals surface area contributed by atoms with Gasteiger partial charge >= 0.3 is 0 Å². The van der Waals surface area contributed by atoms with Crippen molar-refractivity contribution in [3.8, 4) is 0 Å². The molecule has 1 aliphatic heterocycles. The molecule has 8 heteroatoms. The first kappa shape index (κ1) is 19.7. The van der Waals surface area contributed by atoms with Crippen LogP contribution in [0.15, 0.2) is 29.2 Å². The number of thioether (sulfide) groups is 1. The number of sulfonamides is 1. The molecule has 1 aromatic carbocycles. The maximum atomic E-state index is 12.6.